The Kier molecular flexibility index (Phi) is 5.21. The van der Waals surface area contributed by atoms with Crippen molar-refractivity contribution in [2.45, 2.75) is 12.6 Å². The number of hydrogen-bond donors (Lipinski definition) is 3. The first kappa shape index (κ1) is 12.9. The molecule has 0 aliphatic rings. The summed E-state index contributed by atoms with van der Waals surface area (Å²) in [6, 6.07) is -0.890. The van der Waals surface area contributed by atoms with Crippen molar-refractivity contribution in [3.63, 3.8) is 0 Å². The van der Waals surface area contributed by atoms with E-state index in [0.717, 1.165) is 0 Å². The van der Waals surface area contributed by atoms with Crippen molar-refractivity contribution >= 4 is 23.2 Å². The first-order valence-corrected chi connectivity index (χ1v) is 4.09. The fraction of sp³-hybridized carbons (Fsp3) is 0.667. The second kappa shape index (κ2) is 5.63. The van der Waals surface area contributed by atoms with E-state index in [9.17, 15) is 18.0 Å². The summed E-state index contributed by atoms with van der Waals surface area (Å²) < 4.78 is 34.7. The number of halogens is 3. The van der Waals surface area contributed by atoms with E-state index in [1.54, 1.807) is 5.32 Å². The summed E-state index contributed by atoms with van der Waals surface area (Å²) >= 11 is 4.50. The van der Waals surface area contributed by atoms with Gasteiger partial charge in [-0.2, -0.15) is 13.2 Å². The molecular formula is C6H10F3N3OS. The Morgan fingerprint density at radius 3 is 2.36 bits per heavy atom. The molecule has 0 atom stereocenters. The van der Waals surface area contributed by atoms with E-state index in [1.807, 2.05) is 0 Å². The summed E-state index contributed by atoms with van der Waals surface area (Å²) in [5.74, 6) is 0. The Labute approximate surface area is 84.0 Å². The Morgan fingerprint density at radius 2 is 1.93 bits per heavy atom. The molecule has 0 aliphatic heterocycles. The minimum Gasteiger partial charge on any atom is -0.393 e. The summed E-state index contributed by atoms with van der Waals surface area (Å²) in [5.41, 5.74) is 5.10. The lowest BCUT2D eigenvalue weighted by molar-refractivity contribution is -0.122. The van der Waals surface area contributed by atoms with Gasteiger partial charge < -0.3 is 16.4 Å². The number of nitrogens with two attached hydrogens (primary N) is 1. The highest BCUT2D eigenvalue weighted by molar-refractivity contribution is 7.80. The van der Waals surface area contributed by atoms with Crippen LogP contribution in [0.2, 0.25) is 0 Å². The average Bonchev–Trinajstić information content (AvgIpc) is 1.99. The van der Waals surface area contributed by atoms with Gasteiger partial charge in [0.25, 0.3) is 0 Å². The molecule has 2 amide bonds. The number of urea groups is 1. The minimum atomic E-state index is -4.40. The second-order valence-electron chi connectivity index (χ2n) is 2.44. The standard InChI is InChI=1S/C6H10F3N3OS/c7-6(8,9)3-12-5(13)11-2-1-4(10)14/h1-3H2,(H2,10,14)(H2,11,12,13). The van der Waals surface area contributed by atoms with E-state index < -0.39 is 18.8 Å². The number of nitrogens with one attached hydrogen (secondary N) is 2. The van der Waals surface area contributed by atoms with Gasteiger partial charge in [0, 0.05) is 13.0 Å². The van der Waals surface area contributed by atoms with E-state index in [4.69, 9.17) is 5.73 Å². The SMILES string of the molecule is NC(=S)CCNC(=O)NCC(F)(F)F. The molecule has 0 spiro atoms. The third kappa shape index (κ3) is 9.04. The van der Waals surface area contributed by atoms with E-state index >= 15 is 0 Å². The highest BCUT2D eigenvalue weighted by atomic mass is 32.1. The van der Waals surface area contributed by atoms with Crippen LogP contribution in [0.5, 0.6) is 0 Å². The molecule has 14 heavy (non-hydrogen) atoms. The fourth-order valence-electron chi connectivity index (χ4n) is 0.542. The predicted octanol–water partition coefficient (Wildman–Crippen LogP) is 0.524. The largest absolute Gasteiger partial charge is 0.405 e. The quantitative estimate of drug-likeness (QED) is 0.616. The van der Waals surface area contributed by atoms with Crippen molar-refractivity contribution in [3.8, 4) is 0 Å². The zero-order chi connectivity index (χ0) is 11.2. The molecule has 4 nitrogen and oxygen atoms in total. The monoisotopic (exact) mass is 229 g/mol. The van der Waals surface area contributed by atoms with E-state index in [2.05, 4.69) is 17.5 Å². The topological polar surface area (TPSA) is 67.1 Å². The van der Waals surface area contributed by atoms with Gasteiger partial charge in [-0.3, -0.25) is 0 Å². The molecule has 0 fully saturated rings. The first-order valence-electron chi connectivity index (χ1n) is 3.68. The number of rotatable bonds is 4. The lowest BCUT2D eigenvalue weighted by Gasteiger charge is -2.09. The van der Waals surface area contributed by atoms with Crippen LogP contribution in [0, 0.1) is 0 Å². The Morgan fingerprint density at radius 1 is 1.36 bits per heavy atom. The highest BCUT2D eigenvalue weighted by Crippen LogP contribution is 2.11. The van der Waals surface area contributed by atoms with Crippen molar-refractivity contribution in [3.05, 3.63) is 0 Å². The summed E-state index contributed by atoms with van der Waals surface area (Å²) in [6.07, 6.45) is -4.14. The van der Waals surface area contributed by atoms with Gasteiger partial charge in [0.2, 0.25) is 0 Å². The molecule has 0 aromatic rings. The number of thiocarbonyl (C=S) groups is 1. The molecular weight excluding hydrogens is 219 g/mol. The molecule has 0 saturated carbocycles. The number of alkyl halides is 3. The minimum absolute atomic E-state index is 0.124. The molecule has 8 heteroatoms. The van der Waals surface area contributed by atoms with Crippen LogP contribution < -0.4 is 16.4 Å². The van der Waals surface area contributed by atoms with Gasteiger partial charge in [-0.1, -0.05) is 12.2 Å². The maximum atomic E-state index is 11.6. The molecule has 0 saturated heterocycles. The average molecular weight is 229 g/mol. The van der Waals surface area contributed by atoms with Crippen LogP contribution in [0.4, 0.5) is 18.0 Å². The van der Waals surface area contributed by atoms with Crippen molar-refractivity contribution in [1.82, 2.24) is 10.6 Å². The fourth-order valence-corrected chi connectivity index (χ4v) is 0.644. The zero-order valence-corrected chi connectivity index (χ0v) is 7.97. The van der Waals surface area contributed by atoms with Gasteiger partial charge in [-0.05, 0) is 0 Å². The second-order valence-corrected chi connectivity index (χ2v) is 2.97. The first-order chi connectivity index (χ1) is 6.31. The third-order valence-electron chi connectivity index (χ3n) is 1.11. The van der Waals surface area contributed by atoms with Gasteiger partial charge in [0.05, 0.1) is 4.99 Å². The molecule has 0 bridgehead atoms. The number of carbonyl (C=O) groups is 1. The Bertz CT molecular complexity index is 219. The Hall–Kier alpha value is -1.05. The van der Waals surface area contributed by atoms with Crippen LogP contribution in [0.25, 0.3) is 0 Å². The predicted molar refractivity (Wildman–Crippen MR) is 48.9 cm³/mol. The molecule has 0 aliphatic carbocycles. The van der Waals surface area contributed by atoms with E-state index in [1.165, 1.54) is 0 Å². The maximum absolute atomic E-state index is 11.6. The van der Waals surface area contributed by atoms with Crippen LogP contribution in [0.3, 0.4) is 0 Å². The smallest absolute Gasteiger partial charge is 0.393 e. The summed E-state index contributed by atoms with van der Waals surface area (Å²) in [6.45, 7) is -1.23. The van der Waals surface area contributed by atoms with Gasteiger partial charge in [-0.25, -0.2) is 4.79 Å². The summed E-state index contributed by atoms with van der Waals surface area (Å²) in [5, 5.41) is 3.81. The van der Waals surface area contributed by atoms with E-state index in [-0.39, 0.29) is 18.0 Å². The van der Waals surface area contributed by atoms with Gasteiger partial charge >= 0.3 is 12.2 Å². The lowest BCUT2D eigenvalue weighted by Crippen LogP contribution is -2.41. The van der Waals surface area contributed by atoms with Crippen LogP contribution in [0.1, 0.15) is 6.42 Å². The number of amides is 2. The normalized spacial score (nSPS) is 10.8. The third-order valence-corrected chi connectivity index (χ3v) is 1.31. The lowest BCUT2D eigenvalue weighted by atomic mass is 10.4. The van der Waals surface area contributed by atoms with E-state index in [0.29, 0.717) is 0 Å². The highest BCUT2D eigenvalue weighted by Gasteiger charge is 2.27. The molecule has 0 heterocycles. The van der Waals surface area contributed by atoms with Crippen molar-refractivity contribution in [1.29, 1.82) is 0 Å². The number of carbonyl (C=O) groups excluding carboxylic acids is 1. The summed E-state index contributed by atoms with van der Waals surface area (Å²) in [7, 11) is 0. The maximum Gasteiger partial charge on any atom is 0.405 e. The van der Waals surface area contributed by atoms with Gasteiger partial charge in [-0.15, -0.1) is 0 Å². The van der Waals surface area contributed by atoms with Crippen molar-refractivity contribution in [2.75, 3.05) is 13.1 Å². The zero-order valence-electron chi connectivity index (χ0n) is 7.15. The van der Waals surface area contributed by atoms with Gasteiger partial charge in [0.1, 0.15) is 6.54 Å². The number of hydrogen-bond acceptors (Lipinski definition) is 2. The van der Waals surface area contributed by atoms with Crippen LogP contribution in [-0.4, -0.2) is 30.3 Å². The summed E-state index contributed by atoms with van der Waals surface area (Å²) in [4.78, 5) is 10.9. The Balaban J connectivity index is 3.52. The molecule has 4 N–H and O–H groups in total. The van der Waals surface area contributed by atoms with Crippen LogP contribution in [0.15, 0.2) is 0 Å². The van der Waals surface area contributed by atoms with Crippen LogP contribution >= 0.6 is 12.2 Å². The molecule has 0 unspecified atom stereocenters. The van der Waals surface area contributed by atoms with Crippen LogP contribution in [-0.2, 0) is 0 Å². The molecule has 82 valence electrons. The van der Waals surface area contributed by atoms with Gasteiger partial charge in [0.15, 0.2) is 0 Å². The van der Waals surface area contributed by atoms with Crippen molar-refractivity contribution in [2.24, 2.45) is 5.73 Å². The molecule has 0 aromatic carbocycles. The van der Waals surface area contributed by atoms with Crippen molar-refractivity contribution < 1.29 is 18.0 Å². The molecule has 0 radical (unpaired) electrons. The molecule has 0 aromatic heterocycles. The molecule has 0 rings (SSSR count).